The van der Waals surface area contributed by atoms with Crippen molar-refractivity contribution in [3.8, 4) is 17.6 Å². The molecule has 1 aliphatic rings. The molecule has 1 aliphatic heterocycles. The van der Waals surface area contributed by atoms with Crippen LogP contribution in [0, 0.1) is 11.3 Å². The van der Waals surface area contributed by atoms with E-state index in [2.05, 4.69) is 0 Å². The molecule has 2 rings (SSSR count). The Bertz CT molecular complexity index is 422. The molecule has 1 aromatic carbocycles. The van der Waals surface area contributed by atoms with Crippen molar-refractivity contribution in [1.29, 1.82) is 5.26 Å². The van der Waals surface area contributed by atoms with Crippen LogP contribution in [-0.2, 0) is 0 Å². The molecule has 0 aromatic heterocycles. The number of nitrogens with zero attached hydrogens (tertiary/aromatic N) is 1. The third kappa shape index (κ3) is 1.91. The molecule has 1 unspecified atom stereocenters. The molecule has 76 valence electrons. The number of fused-ring (bicyclic) bond motifs is 1. The maximum atomic E-state index is 10.6. The summed E-state index contributed by atoms with van der Waals surface area (Å²) in [6.45, 7) is 0.376. The van der Waals surface area contributed by atoms with Crippen LogP contribution < -0.4 is 9.47 Å². The lowest BCUT2D eigenvalue weighted by molar-refractivity contribution is 0.0938. The van der Waals surface area contributed by atoms with Gasteiger partial charge in [-0.2, -0.15) is 5.26 Å². The van der Waals surface area contributed by atoms with Gasteiger partial charge in [-0.05, 0) is 18.2 Å². The molecule has 0 bridgehead atoms. The van der Waals surface area contributed by atoms with Gasteiger partial charge >= 0.3 is 0 Å². The molecule has 0 radical (unpaired) electrons. The summed E-state index contributed by atoms with van der Waals surface area (Å²) in [6.07, 6.45) is 0.784. The van der Waals surface area contributed by atoms with E-state index in [1.165, 1.54) is 0 Å². The number of nitriles is 1. The third-order valence-electron chi connectivity index (χ3n) is 2.14. The Morgan fingerprint density at radius 1 is 1.53 bits per heavy atom. The third-order valence-corrected chi connectivity index (χ3v) is 2.14. The van der Waals surface area contributed by atoms with Gasteiger partial charge < -0.3 is 9.47 Å². The molecular formula is C11H9NO3. The molecule has 1 atom stereocenters. The molecule has 0 fully saturated rings. The highest BCUT2D eigenvalue weighted by Crippen LogP contribution is 2.32. The quantitative estimate of drug-likeness (QED) is 0.684. The van der Waals surface area contributed by atoms with Crippen LogP contribution in [0.1, 0.15) is 16.8 Å². The maximum absolute atomic E-state index is 10.6. The lowest BCUT2D eigenvalue weighted by atomic mass is 10.2. The van der Waals surface area contributed by atoms with Gasteiger partial charge in [-0.1, -0.05) is 0 Å². The highest BCUT2D eigenvalue weighted by molar-refractivity contribution is 5.76. The van der Waals surface area contributed by atoms with Gasteiger partial charge in [0.25, 0.3) is 0 Å². The van der Waals surface area contributed by atoms with E-state index in [0.717, 1.165) is 6.29 Å². The lowest BCUT2D eigenvalue weighted by Gasteiger charge is -2.24. The summed E-state index contributed by atoms with van der Waals surface area (Å²) >= 11 is 0. The van der Waals surface area contributed by atoms with Gasteiger partial charge in [0.05, 0.1) is 12.5 Å². The average Bonchev–Trinajstić information content (AvgIpc) is 2.28. The second-order valence-electron chi connectivity index (χ2n) is 3.24. The average molecular weight is 203 g/mol. The fourth-order valence-electron chi connectivity index (χ4n) is 1.41. The minimum absolute atomic E-state index is 0.246. The molecular weight excluding hydrogens is 194 g/mol. The first-order valence-corrected chi connectivity index (χ1v) is 4.59. The molecule has 0 N–H and O–H groups in total. The molecule has 0 saturated heterocycles. The number of ether oxygens (including phenoxy) is 2. The highest BCUT2D eigenvalue weighted by atomic mass is 16.6. The molecule has 0 spiro atoms. The second kappa shape index (κ2) is 4.01. The van der Waals surface area contributed by atoms with Crippen LogP contribution in [0.25, 0.3) is 0 Å². The number of carbonyl (C=O) groups excluding carboxylic acids is 1. The van der Waals surface area contributed by atoms with Crippen LogP contribution in [0.2, 0.25) is 0 Å². The largest absolute Gasteiger partial charge is 0.486 e. The first-order valence-electron chi connectivity index (χ1n) is 4.59. The molecule has 1 heterocycles. The minimum atomic E-state index is -0.246. The van der Waals surface area contributed by atoms with Crippen molar-refractivity contribution in [2.45, 2.75) is 12.5 Å². The summed E-state index contributed by atoms with van der Waals surface area (Å²) in [5, 5.41) is 8.53. The van der Waals surface area contributed by atoms with E-state index >= 15 is 0 Å². The molecule has 4 nitrogen and oxygen atoms in total. The van der Waals surface area contributed by atoms with Gasteiger partial charge in [-0.3, -0.25) is 4.79 Å². The number of hydrogen-bond acceptors (Lipinski definition) is 4. The predicted molar refractivity (Wildman–Crippen MR) is 52.0 cm³/mol. The van der Waals surface area contributed by atoms with E-state index in [1.807, 2.05) is 6.07 Å². The zero-order valence-corrected chi connectivity index (χ0v) is 7.97. The molecule has 4 heteroatoms. The Hall–Kier alpha value is -2.02. The van der Waals surface area contributed by atoms with Crippen LogP contribution in [0.3, 0.4) is 0 Å². The fourth-order valence-corrected chi connectivity index (χ4v) is 1.41. The second-order valence-corrected chi connectivity index (χ2v) is 3.24. The zero-order valence-electron chi connectivity index (χ0n) is 7.97. The summed E-state index contributed by atoms with van der Waals surface area (Å²) < 4.78 is 10.9. The first-order chi connectivity index (χ1) is 7.33. The SMILES string of the molecule is N#CCC1COc2ccc(C=O)cc2O1. The summed E-state index contributed by atoms with van der Waals surface area (Å²) in [7, 11) is 0. The van der Waals surface area contributed by atoms with Gasteiger partial charge in [0, 0.05) is 5.56 Å². The van der Waals surface area contributed by atoms with Crippen LogP contribution in [0.15, 0.2) is 18.2 Å². The van der Waals surface area contributed by atoms with Gasteiger partial charge in [-0.25, -0.2) is 0 Å². The summed E-state index contributed by atoms with van der Waals surface area (Å²) in [4.78, 5) is 10.6. The summed E-state index contributed by atoms with van der Waals surface area (Å²) in [6, 6.07) is 7.00. The topological polar surface area (TPSA) is 59.3 Å². The lowest BCUT2D eigenvalue weighted by Crippen LogP contribution is -2.28. The van der Waals surface area contributed by atoms with Crippen molar-refractivity contribution in [3.05, 3.63) is 23.8 Å². The van der Waals surface area contributed by atoms with Gasteiger partial charge in [0.15, 0.2) is 11.5 Å². The summed E-state index contributed by atoms with van der Waals surface area (Å²) in [5.41, 5.74) is 0.537. The van der Waals surface area contributed by atoms with E-state index in [9.17, 15) is 4.79 Å². The number of carbonyl (C=O) groups is 1. The van der Waals surface area contributed by atoms with E-state index in [1.54, 1.807) is 18.2 Å². The number of benzene rings is 1. The Morgan fingerprint density at radius 3 is 3.13 bits per heavy atom. The predicted octanol–water partition coefficient (Wildman–Crippen LogP) is 1.55. The van der Waals surface area contributed by atoms with Gasteiger partial charge in [0.1, 0.15) is 19.0 Å². The summed E-state index contributed by atoms with van der Waals surface area (Å²) in [5.74, 6) is 1.15. The fraction of sp³-hybridized carbons (Fsp3) is 0.273. The number of hydrogen-bond donors (Lipinski definition) is 0. The first kappa shape index (κ1) is 9.53. The van der Waals surface area contributed by atoms with E-state index in [-0.39, 0.29) is 12.5 Å². The van der Waals surface area contributed by atoms with Crippen molar-refractivity contribution in [2.24, 2.45) is 0 Å². The highest BCUT2D eigenvalue weighted by Gasteiger charge is 2.20. The van der Waals surface area contributed by atoms with E-state index < -0.39 is 0 Å². The molecule has 0 saturated carbocycles. The Kier molecular flexibility index (Phi) is 2.55. The Morgan fingerprint density at radius 2 is 2.40 bits per heavy atom. The molecule has 0 aliphatic carbocycles. The van der Waals surface area contributed by atoms with Crippen LogP contribution in [0.5, 0.6) is 11.5 Å². The minimum Gasteiger partial charge on any atom is -0.486 e. The van der Waals surface area contributed by atoms with Crippen LogP contribution >= 0.6 is 0 Å². The van der Waals surface area contributed by atoms with Crippen molar-refractivity contribution in [1.82, 2.24) is 0 Å². The van der Waals surface area contributed by atoms with Gasteiger partial charge in [0.2, 0.25) is 0 Å². The monoisotopic (exact) mass is 203 g/mol. The molecule has 15 heavy (non-hydrogen) atoms. The van der Waals surface area contributed by atoms with Crippen molar-refractivity contribution >= 4 is 6.29 Å². The smallest absolute Gasteiger partial charge is 0.162 e. The Labute approximate surface area is 87.0 Å². The van der Waals surface area contributed by atoms with Crippen LogP contribution in [0.4, 0.5) is 0 Å². The maximum Gasteiger partial charge on any atom is 0.162 e. The van der Waals surface area contributed by atoms with E-state index in [4.69, 9.17) is 14.7 Å². The Balaban J connectivity index is 2.23. The molecule has 1 aromatic rings. The van der Waals surface area contributed by atoms with Crippen molar-refractivity contribution < 1.29 is 14.3 Å². The van der Waals surface area contributed by atoms with Crippen LogP contribution in [-0.4, -0.2) is 19.0 Å². The number of aldehydes is 1. The van der Waals surface area contributed by atoms with E-state index in [0.29, 0.717) is 23.7 Å². The van der Waals surface area contributed by atoms with Crippen molar-refractivity contribution in [3.63, 3.8) is 0 Å². The number of rotatable bonds is 2. The van der Waals surface area contributed by atoms with Crippen molar-refractivity contribution in [2.75, 3.05) is 6.61 Å². The normalized spacial score (nSPS) is 17.9. The zero-order chi connectivity index (χ0) is 10.7. The molecule has 0 amide bonds. The van der Waals surface area contributed by atoms with Gasteiger partial charge in [-0.15, -0.1) is 0 Å². The standard InChI is InChI=1S/C11H9NO3/c12-4-3-9-7-14-10-2-1-8(6-13)5-11(10)15-9/h1-2,5-6,9H,3,7H2.